The van der Waals surface area contributed by atoms with E-state index >= 15 is 0 Å². The molecule has 0 saturated carbocycles. The largest absolute Gasteiger partial charge is 0.350 e. The average molecular weight is 341 g/mol. The SMILES string of the molecule is CN(CC(=O)Nc1cccc2ccccc12)c1ccc2ccccc2n1. The molecule has 4 aromatic rings. The van der Waals surface area contributed by atoms with Gasteiger partial charge in [0.05, 0.1) is 12.1 Å². The minimum atomic E-state index is -0.0705. The molecule has 4 heteroatoms. The predicted octanol–water partition coefficient (Wildman–Crippen LogP) is 4.46. The number of hydrogen-bond acceptors (Lipinski definition) is 3. The van der Waals surface area contributed by atoms with Gasteiger partial charge in [-0.2, -0.15) is 0 Å². The number of benzene rings is 3. The Labute approximate surface area is 152 Å². The number of para-hydroxylation sites is 1. The van der Waals surface area contributed by atoms with Crippen LogP contribution in [0.1, 0.15) is 0 Å². The molecule has 1 amide bonds. The molecule has 0 aliphatic heterocycles. The summed E-state index contributed by atoms with van der Waals surface area (Å²) in [6, 6.07) is 25.9. The number of aromatic nitrogens is 1. The first kappa shape index (κ1) is 16.1. The van der Waals surface area contributed by atoms with Gasteiger partial charge in [-0.15, -0.1) is 0 Å². The molecule has 0 saturated heterocycles. The van der Waals surface area contributed by atoms with Crippen LogP contribution in [-0.4, -0.2) is 24.5 Å². The van der Waals surface area contributed by atoms with Crippen molar-refractivity contribution >= 4 is 39.1 Å². The molecule has 1 N–H and O–H groups in total. The topological polar surface area (TPSA) is 45.2 Å². The van der Waals surface area contributed by atoms with Crippen molar-refractivity contribution in [3.05, 3.63) is 78.9 Å². The molecule has 0 unspecified atom stereocenters. The summed E-state index contributed by atoms with van der Waals surface area (Å²) < 4.78 is 0. The third-order valence-electron chi connectivity index (χ3n) is 4.42. The number of nitrogens with zero attached hydrogens (tertiary/aromatic N) is 2. The molecular formula is C22H19N3O. The van der Waals surface area contributed by atoms with E-state index < -0.39 is 0 Å². The maximum atomic E-state index is 12.5. The number of fused-ring (bicyclic) bond motifs is 2. The Balaban J connectivity index is 1.51. The van der Waals surface area contributed by atoms with Crippen molar-refractivity contribution in [1.29, 1.82) is 0 Å². The molecule has 0 spiro atoms. The second-order valence-corrected chi connectivity index (χ2v) is 6.29. The summed E-state index contributed by atoms with van der Waals surface area (Å²) in [5.74, 6) is 0.704. The Morgan fingerprint density at radius 3 is 2.50 bits per heavy atom. The van der Waals surface area contributed by atoms with Crippen LogP contribution < -0.4 is 10.2 Å². The lowest BCUT2D eigenvalue weighted by Crippen LogP contribution is -2.30. The number of carbonyl (C=O) groups is 1. The number of nitrogens with one attached hydrogen (secondary N) is 1. The van der Waals surface area contributed by atoms with E-state index in [1.54, 1.807) is 0 Å². The van der Waals surface area contributed by atoms with Gasteiger partial charge in [-0.1, -0.05) is 54.6 Å². The molecule has 0 aliphatic carbocycles. The zero-order valence-corrected chi connectivity index (χ0v) is 14.5. The van der Waals surface area contributed by atoms with Gasteiger partial charge >= 0.3 is 0 Å². The van der Waals surface area contributed by atoms with Crippen LogP contribution in [0.5, 0.6) is 0 Å². The van der Waals surface area contributed by atoms with Gasteiger partial charge in [0, 0.05) is 23.5 Å². The Morgan fingerprint density at radius 2 is 1.62 bits per heavy atom. The molecule has 0 fully saturated rings. The Bertz CT molecular complexity index is 1090. The number of pyridine rings is 1. The zero-order valence-electron chi connectivity index (χ0n) is 14.5. The van der Waals surface area contributed by atoms with E-state index in [0.717, 1.165) is 33.2 Å². The highest BCUT2D eigenvalue weighted by Crippen LogP contribution is 2.23. The van der Waals surface area contributed by atoms with E-state index in [2.05, 4.69) is 10.3 Å². The summed E-state index contributed by atoms with van der Waals surface area (Å²) in [5.41, 5.74) is 1.75. The van der Waals surface area contributed by atoms with Crippen LogP contribution in [-0.2, 0) is 4.79 Å². The number of rotatable bonds is 4. The van der Waals surface area contributed by atoms with Gasteiger partial charge < -0.3 is 10.2 Å². The lowest BCUT2D eigenvalue weighted by molar-refractivity contribution is -0.114. The van der Waals surface area contributed by atoms with Gasteiger partial charge in [-0.3, -0.25) is 4.79 Å². The summed E-state index contributed by atoms with van der Waals surface area (Å²) in [6.07, 6.45) is 0. The number of hydrogen-bond donors (Lipinski definition) is 1. The van der Waals surface area contributed by atoms with Gasteiger partial charge in [0.1, 0.15) is 5.82 Å². The molecular weight excluding hydrogens is 322 g/mol. The van der Waals surface area contributed by atoms with Crippen LogP contribution in [0.25, 0.3) is 21.7 Å². The molecule has 26 heavy (non-hydrogen) atoms. The standard InChI is InChI=1S/C22H19N3O/c1-25(21-14-13-17-8-3-5-11-19(17)23-21)15-22(26)24-20-12-6-9-16-7-2-4-10-18(16)20/h2-14H,15H2,1H3,(H,24,26). The van der Waals surface area contributed by atoms with Crippen molar-refractivity contribution in [2.24, 2.45) is 0 Å². The van der Waals surface area contributed by atoms with Crippen LogP contribution in [0.4, 0.5) is 11.5 Å². The van der Waals surface area contributed by atoms with Crippen LogP contribution >= 0.6 is 0 Å². The summed E-state index contributed by atoms with van der Waals surface area (Å²) >= 11 is 0. The van der Waals surface area contributed by atoms with Crippen LogP contribution in [0.3, 0.4) is 0 Å². The molecule has 1 aromatic heterocycles. The van der Waals surface area contributed by atoms with E-state index in [-0.39, 0.29) is 12.5 Å². The first-order valence-corrected chi connectivity index (χ1v) is 8.55. The van der Waals surface area contributed by atoms with Crippen molar-refractivity contribution in [3.8, 4) is 0 Å². The van der Waals surface area contributed by atoms with Gasteiger partial charge in [-0.25, -0.2) is 4.98 Å². The monoisotopic (exact) mass is 341 g/mol. The van der Waals surface area contributed by atoms with Gasteiger partial charge in [-0.05, 0) is 29.7 Å². The third kappa shape index (κ3) is 3.22. The number of anilines is 2. The van der Waals surface area contributed by atoms with Crippen molar-refractivity contribution in [3.63, 3.8) is 0 Å². The molecule has 4 rings (SSSR count). The van der Waals surface area contributed by atoms with Crippen molar-refractivity contribution < 1.29 is 4.79 Å². The van der Waals surface area contributed by atoms with Crippen LogP contribution in [0.2, 0.25) is 0 Å². The lowest BCUT2D eigenvalue weighted by Gasteiger charge is -2.18. The maximum Gasteiger partial charge on any atom is 0.243 e. The molecule has 1 heterocycles. The molecule has 0 radical (unpaired) electrons. The van der Waals surface area contributed by atoms with Crippen molar-refractivity contribution in [1.82, 2.24) is 4.98 Å². The quantitative estimate of drug-likeness (QED) is 0.596. The molecule has 0 atom stereocenters. The molecule has 128 valence electrons. The van der Waals surface area contributed by atoms with Crippen LogP contribution in [0, 0.1) is 0 Å². The highest BCUT2D eigenvalue weighted by molar-refractivity contribution is 6.03. The highest BCUT2D eigenvalue weighted by Gasteiger charge is 2.11. The van der Waals surface area contributed by atoms with E-state index in [4.69, 9.17) is 0 Å². The fourth-order valence-corrected chi connectivity index (χ4v) is 3.09. The second kappa shape index (κ2) is 6.84. The molecule has 4 nitrogen and oxygen atoms in total. The predicted molar refractivity (Wildman–Crippen MR) is 108 cm³/mol. The van der Waals surface area contributed by atoms with Gasteiger partial charge in [0.2, 0.25) is 5.91 Å². The third-order valence-corrected chi connectivity index (χ3v) is 4.42. The summed E-state index contributed by atoms with van der Waals surface area (Å²) in [6.45, 7) is 0.231. The maximum absolute atomic E-state index is 12.5. The highest BCUT2D eigenvalue weighted by atomic mass is 16.2. The first-order valence-electron chi connectivity index (χ1n) is 8.55. The van der Waals surface area contributed by atoms with Gasteiger partial charge in [0.15, 0.2) is 0 Å². The first-order chi connectivity index (χ1) is 12.7. The van der Waals surface area contributed by atoms with E-state index in [9.17, 15) is 4.79 Å². The van der Waals surface area contributed by atoms with Crippen molar-refractivity contribution in [2.45, 2.75) is 0 Å². The summed E-state index contributed by atoms with van der Waals surface area (Å²) in [4.78, 5) is 19.0. The number of amides is 1. The molecule has 3 aromatic carbocycles. The minimum Gasteiger partial charge on any atom is -0.350 e. The number of likely N-dealkylation sites (N-methyl/N-ethyl adjacent to an activating group) is 1. The average Bonchev–Trinajstić information content (AvgIpc) is 2.68. The Morgan fingerprint density at radius 1 is 0.885 bits per heavy atom. The molecule has 0 aliphatic rings. The minimum absolute atomic E-state index is 0.0705. The Hall–Kier alpha value is -3.40. The van der Waals surface area contributed by atoms with E-state index in [1.807, 2.05) is 90.8 Å². The summed E-state index contributed by atoms with van der Waals surface area (Å²) in [5, 5.41) is 6.25. The smallest absolute Gasteiger partial charge is 0.243 e. The van der Waals surface area contributed by atoms with Gasteiger partial charge in [0.25, 0.3) is 0 Å². The van der Waals surface area contributed by atoms with Crippen LogP contribution in [0.15, 0.2) is 78.9 Å². The normalized spacial score (nSPS) is 10.8. The fraction of sp³-hybridized carbons (Fsp3) is 0.0909. The van der Waals surface area contributed by atoms with Crippen molar-refractivity contribution in [2.75, 3.05) is 23.8 Å². The van der Waals surface area contributed by atoms with E-state index in [0.29, 0.717) is 0 Å². The lowest BCUT2D eigenvalue weighted by atomic mass is 10.1. The van der Waals surface area contributed by atoms with E-state index in [1.165, 1.54) is 0 Å². The fourth-order valence-electron chi connectivity index (χ4n) is 3.09. The Kier molecular flexibility index (Phi) is 4.23. The summed E-state index contributed by atoms with van der Waals surface area (Å²) in [7, 11) is 1.87. The number of carbonyl (C=O) groups excluding carboxylic acids is 1. The molecule has 0 bridgehead atoms. The zero-order chi connectivity index (χ0) is 17.9. The second-order valence-electron chi connectivity index (χ2n) is 6.29.